The minimum atomic E-state index is -0.704. The number of hydrogen-bond donors (Lipinski definition) is 0. The molecule has 1 aliphatic heterocycles. The molecule has 4 heteroatoms. The van der Waals surface area contributed by atoms with E-state index < -0.39 is 5.41 Å². The first-order chi connectivity index (χ1) is 34.2. The van der Waals surface area contributed by atoms with Crippen molar-refractivity contribution in [1.82, 2.24) is 14.5 Å². The zero-order chi connectivity index (χ0) is 45.7. The van der Waals surface area contributed by atoms with Crippen molar-refractivity contribution in [3.63, 3.8) is 0 Å². The Balaban J connectivity index is 0.999. The number of para-hydroxylation sites is 3. The van der Waals surface area contributed by atoms with E-state index in [9.17, 15) is 0 Å². The summed E-state index contributed by atoms with van der Waals surface area (Å²) in [7, 11) is 0. The van der Waals surface area contributed by atoms with Crippen LogP contribution >= 0.6 is 0 Å². The molecule has 0 unspecified atom stereocenters. The van der Waals surface area contributed by atoms with Gasteiger partial charge in [0.05, 0.1) is 39.2 Å². The van der Waals surface area contributed by atoms with Gasteiger partial charge in [0.15, 0.2) is 0 Å². The predicted molar refractivity (Wildman–Crippen MR) is 285 cm³/mol. The molecule has 0 aliphatic carbocycles. The Hall–Kier alpha value is -9.12. The smallest absolute Gasteiger partial charge is 0.235 e. The third-order valence-electron chi connectivity index (χ3n) is 13.9. The molecule has 12 aromatic rings. The maximum Gasteiger partial charge on any atom is 0.235 e. The van der Waals surface area contributed by atoms with Gasteiger partial charge in [-0.25, -0.2) is 9.97 Å². The van der Waals surface area contributed by atoms with Crippen molar-refractivity contribution >= 4 is 39.1 Å². The van der Waals surface area contributed by atoms with Gasteiger partial charge in [0.1, 0.15) is 0 Å². The normalized spacial score (nSPS) is 12.7. The Morgan fingerprint density at radius 1 is 0.304 bits per heavy atom. The SMILES string of the molecule is c1ccc(-c2cccc(-n3c4ccccc4c4cc(-c5cccc(C6(c7ccccc7)c7ccccc7N(c7nc(-c8ccccc8)cc(-c8ccccc8)n7)c7ccccc76)c5)ccc43)c2)cc1. The quantitative estimate of drug-likeness (QED) is 0.152. The molecule has 324 valence electrons. The molecule has 0 amide bonds. The lowest BCUT2D eigenvalue weighted by Crippen LogP contribution is -2.38. The van der Waals surface area contributed by atoms with Gasteiger partial charge in [0, 0.05) is 27.6 Å². The molecule has 1 aliphatic rings. The van der Waals surface area contributed by atoms with Crippen LogP contribution in [0, 0.1) is 0 Å². The summed E-state index contributed by atoms with van der Waals surface area (Å²) in [5.41, 5.74) is 18.0. The zero-order valence-corrected chi connectivity index (χ0v) is 37.7. The Kier molecular flexibility index (Phi) is 9.69. The highest BCUT2D eigenvalue weighted by molar-refractivity contribution is 6.10. The summed E-state index contributed by atoms with van der Waals surface area (Å²) >= 11 is 0. The molecule has 4 nitrogen and oxygen atoms in total. The fourth-order valence-electron chi connectivity index (χ4n) is 10.8. The third-order valence-corrected chi connectivity index (χ3v) is 13.9. The van der Waals surface area contributed by atoms with Crippen LogP contribution in [-0.4, -0.2) is 14.5 Å². The summed E-state index contributed by atoms with van der Waals surface area (Å²) in [6, 6.07) is 96.1. The van der Waals surface area contributed by atoms with E-state index in [1.54, 1.807) is 0 Å². The predicted octanol–water partition coefficient (Wildman–Crippen LogP) is 16.4. The molecular weight excluding hydrogens is 837 g/mol. The van der Waals surface area contributed by atoms with E-state index in [1.165, 1.54) is 44.1 Å². The molecule has 3 heterocycles. The molecule has 2 aromatic heterocycles. The summed E-state index contributed by atoms with van der Waals surface area (Å²) in [4.78, 5) is 13.1. The topological polar surface area (TPSA) is 34.0 Å². The van der Waals surface area contributed by atoms with Crippen LogP contribution in [-0.2, 0) is 5.41 Å². The van der Waals surface area contributed by atoms with Gasteiger partial charge < -0.3 is 4.57 Å². The van der Waals surface area contributed by atoms with Crippen LogP contribution in [0.5, 0.6) is 0 Å². The van der Waals surface area contributed by atoms with Gasteiger partial charge in [-0.2, -0.15) is 0 Å². The first-order valence-corrected chi connectivity index (χ1v) is 23.6. The van der Waals surface area contributed by atoms with Gasteiger partial charge >= 0.3 is 0 Å². The lowest BCUT2D eigenvalue weighted by Gasteiger charge is -2.46. The second-order valence-electron chi connectivity index (χ2n) is 17.7. The van der Waals surface area contributed by atoms with Crippen molar-refractivity contribution in [1.29, 1.82) is 0 Å². The highest BCUT2D eigenvalue weighted by Gasteiger charge is 2.47. The molecule has 0 saturated carbocycles. The van der Waals surface area contributed by atoms with E-state index in [0.717, 1.165) is 61.8 Å². The molecule has 0 spiro atoms. The average molecular weight is 881 g/mol. The van der Waals surface area contributed by atoms with E-state index in [-0.39, 0.29) is 0 Å². The summed E-state index contributed by atoms with van der Waals surface area (Å²) in [5.74, 6) is 0.616. The van der Waals surface area contributed by atoms with Crippen LogP contribution in [0.25, 0.3) is 72.3 Å². The number of benzene rings is 10. The van der Waals surface area contributed by atoms with Gasteiger partial charge in [-0.1, -0.05) is 212 Å². The maximum absolute atomic E-state index is 5.40. The molecule has 0 radical (unpaired) electrons. The van der Waals surface area contributed by atoms with Crippen molar-refractivity contribution in [3.05, 3.63) is 289 Å². The van der Waals surface area contributed by atoms with Crippen molar-refractivity contribution < 1.29 is 0 Å². The Labute approximate surface area is 401 Å². The first kappa shape index (κ1) is 40.2. The van der Waals surface area contributed by atoms with E-state index in [4.69, 9.17) is 9.97 Å². The van der Waals surface area contributed by atoms with Gasteiger partial charge in [0.25, 0.3) is 0 Å². The summed E-state index contributed by atoms with van der Waals surface area (Å²) < 4.78 is 2.41. The number of nitrogens with zero attached hydrogens (tertiary/aromatic N) is 4. The minimum absolute atomic E-state index is 0.616. The van der Waals surface area contributed by atoms with Gasteiger partial charge in [-0.05, 0) is 99.1 Å². The van der Waals surface area contributed by atoms with E-state index >= 15 is 0 Å². The van der Waals surface area contributed by atoms with E-state index in [2.05, 4.69) is 264 Å². The zero-order valence-electron chi connectivity index (χ0n) is 37.7. The van der Waals surface area contributed by atoms with Crippen LogP contribution in [0.2, 0.25) is 0 Å². The Bertz CT molecular complexity index is 3740. The monoisotopic (exact) mass is 880 g/mol. The molecule has 0 fully saturated rings. The number of aromatic nitrogens is 3. The first-order valence-electron chi connectivity index (χ1n) is 23.6. The number of anilines is 3. The highest BCUT2D eigenvalue weighted by atomic mass is 15.3. The van der Waals surface area contributed by atoms with Crippen molar-refractivity contribution in [3.8, 4) is 50.5 Å². The summed E-state index contributed by atoms with van der Waals surface area (Å²) in [5, 5.41) is 2.44. The molecule has 10 aromatic carbocycles. The van der Waals surface area contributed by atoms with Crippen LogP contribution in [0.1, 0.15) is 22.3 Å². The summed E-state index contributed by atoms with van der Waals surface area (Å²) in [6.07, 6.45) is 0. The standard InChI is InChI=1S/C65H44N4/c1-5-21-45(22-6-1)49-28-20-32-53(42-49)68-60-36-16-13-33-54(60)55-43-50(39-40-61(55)68)48-27-19-31-52(41-48)65(51-29-11-4-12-30-51)56-34-14-17-37-62(56)69(63-38-18-15-35-57(63)65)64-66-58(46-23-7-2-8-24-46)44-59(67-64)47-25-9-3-10-26-47/h1-44H. The minimum Gasteiger partial charge on any atom is -0.309 e. The highest BCUT2D eigenvalue weighted by Crippen LogP contribution is 2.57. The largest absolute Gasteiger partial charge is 0.309 e. The van der Waals surface area contributed by atoms with Crippen LogP contribution in [0.4, 0.5) is 17.3 Å². The molecule has 13 rings (SSSR count). The van der Waals surface area contributed by atoms with Gasteiger partial charge in [-0.15, -0.1) is 0 Å². The lowest BCUT2D eigenvalue weighted by molar-refractivity contribution is 0.729. The van der Waals surface area contributed by atoms with E-state index in [0.29, 0.717) is 5.95 Å². The van der Waals surface area contributed by atoms with Crippen LogP contribution in [0.15, 0.2) is 267 Å². The molecule has 0 atom stereocenters. The van der Waals surface area contributed by atoms with E-state index in [1.807, 2.05) is 12.1 Å². The van der Waals surface area contributed by atoms with Crippen molar-refractivity contribution in [2.24, 2.45) is 0 Å². The Morgan fingerprint density at radius 2 is 0.783 bits per heavy atom. The average Bonchev–Trinajstić information content (AvgIpc) is 3.77. The molecule has 0 bridgehead atoms. The van der Waals surface area contributed by atoms with Crippen molar-refractivity contribution in [2.75, 3.05) is 4.90 Å². The second kappa shape index (κ2) is 16.6. The summed E-state index contributed by atoms with van der Waals surface area (Å²) in [6.45, 7) is 0. The second-order valence-corrected chi connectivity index (χ2v) is 17.7. The van der Waals surface area contributed by atoms with Gasteiger partial charge in [-0.3, -0.25) is 4.90 Å². The molecular formula is C65H44N4. The fourth-order valence-corrected chi connectivity index (χ4v) is 10.8. The number of fused-ring (bicyclic) bond motifs is 5. The molecule has 0 N–H and O–H groups in total. The lowest BCUT2D eigenvalue weighted by atomic mass is 9.62. The van der Waals surface area contributed by atoms with Crippen LogP contribution < -0.4 is 4.90 Å². The third kappa shape index (κ3) is 6.68. The van der Waals surface area contributed by atoms with Crippen LogP contribution in [0.3, 0.4) is 0 Å². The number of hydrogen-bond acceptors (Lipinski definition) is 3. The van der Waals surface area contributed by atoms with Gasteiger partial charge in [0.2, 0.25) is 5.95 Å². The molecule has 0 saturated heterocycles. The Morgan fingerprint density at radius 3 is 1.43 bits per heavy atom. The fraction of sp³-hybridized carbons (Fsp3) is 0.0154. The number of rotatable bonds is 8. The maximum atomic E-state index is 5.40. The van der Waals surface area contributed by atoms with Crippen molar-refractivity contribution in [2.45, 2.75) is 5.41 Å². The molecule has 69 heavy (non-hydrogen) atoms.